The molecule has 1 atom stereocenters. The molecule has 0 amide bonds. The zero-order valence-electron chi connectivity index (χ0n) is 8.86. The molecule has 0 radical (unpaired) electrons. The van der Waals surface area contributed by atoms with Crippen LogP contribution in [-0.2, 0) is 0 Å². The lowest BCUT2D eigenvalue weighted by Crippen LogP contribution is -2.23. The molecule has 2 heterocycles. The second kappa shape index (κ2) is 4.26. The molecule has 0 aromatic carbocycles. The summed E-state index contributed by atoms with van der Waals surface area (Å²) in [6, 6.07) is 0. The van der Waals surface area contributed by atoms with Gasteiger partial charge in [-0.25, -0.2) is 4.98 Å². The Hall–Kier alpha value is -0.640. The van der Waals surface area contributed by atoms with Gasteiger partial charge in [-0.15, -0.1) is 0 Å². The molecular formula is C10H17N3S. The third-order valence-corrected chi connectivity index (χ3v) is 3.67. The zero-order chi connectivity index (χ0) is 9.97. The molecule has 1 unspecified atom stereocenters. The molecule has 14 heavy (non-hydrogen) atoms. The summed E-state index contributed by atoms with van der Waals surface area (Å²) in [5, 5.41) is 1.11. The van der Waals surface area contributed by atoms with Crippen molar-refractivity contribution in [1.29, 1.82) is 0 Å². The molecule has 0 N–H and O–H groups in total. The Morgan fingerprint density at radius 3 is 2.93 bits per heavy atom. The summed E-state index contributed by atoms with van der Waals surface area (Å²) in [6.07, 6.45) is 3.94. The fourth-order valence-corrected chi connectivity index (χ4v) is 2.59. The number of hydrogen-bond acceptors (Lipinski definition) is 4. The van der Waals surface area contributed by atoms with Crippen molar-refractivity contribution in [3.05, 3.63) is 5.82 Å². The molecular weight excluding hydrogens is 194 g/mol. The molecule has 0 spiro atoms. The molecule has 2 rings (SSSR count). The van der Waals surface area contributed by atoms with Crippen LogP contribution in [0.15, 0.2) is 0 Å². The third kappa shape index (κ3) is 2.23. The van der Waals surface area contributed by atoms with Gasteiger partial charge in [-0.1, -0.05) is 6.92 Å². The molecule has 0 bridgehead atoms. The Labute approximate surface area is 89.3 Å². The lowest BCUT2D eigenvalue weighted by Gasteiger charge is -2.18. The zero-order valence-corrected chi connectivity index (χ0v) is 9.68. The number of hydrogen-bond donors (Lipinski definition) is 0. The summed E-state index contributed by atoms with van der Waals surface area (Å²) < 4.78 is 4.23. The maximum atomic E-state index is 4.43. The van der Waals surface area contributed by atoms with E-state index in [1.807, 2.05) is 6.92 Å². The molecule has 1 saturated heterocycles. The first kappa shape index (κ1) is 9.90. The highest BCUT2D eigenvalue weighted by molar-refractivity contribution is 7.09. The molecule has 1 aliphatic rings. The van der Waals surface area contributed by atoms with Crippen LogP contribution in [0, 0.1) is 12.8 Å². The van der Waals surface area contributed by atoms with Crippen LogP contribution in [0.5, 0.6) is 0 Å². The van der Waals surface area contributed by atoms with Gasteiger partial charge in [-0.3, -0.25) is 0 Å². The fraction of sp³-hybridized carbons (Fsp3) is 0.800. The smallest absolute Gasteiger partial charge is 0.205 e. The van der Waals surface area contributed by atoms with Crippen LogP contribution in [0.1, 0.15) is 32.0 Å². The summed E-state index contributed by atoms with van der Waals surface area (Å²) in [5.41, 5.74) is 0. The highest BCUT2D eigenvalue weighted by Gasteiger charge is 2.16. The second-order valence-electron chi connectivity index (χ2n) is 4.15. The standard InChI is InChI=1S/C10H17N3S/c1-8-4-3-6-13(7-5-8)10-11-9(2)12-14-10/h8H,3-7H2,1-2H3. The minimum absolute atomic E-state index is 0.869. The van der Waals surface area contributed by atoms with E-state index in [9.17, 15) is 0 Å². The van der Waals surface area contributed by atoms with Gasteiger partial charge in [0.15, 0.2) is 0 Å². The molecule has 0 aliphatic carbocycles. The Morgan fingerprint density at radius 2 is 2.21 bits per heavy atom. The summed E-state index contributed by atoms with van der Waals surface area (Å²) >= 11 is 1.53. The fourth-order valence-electron chi connectivity index (χ4n) is 1.87. The van der Waals surface area contributed by atoms with Crippen molar-refractivity contribution < 1.29 is 0 Å². The minimum Gasteiger partial charge on any atom is -0.347 e. The van der Waals surface area contributed by atoms with Gasteiger partial charge in [0.2, 0.25) is 5.13 Å². The van der Waals surface area contributed by atoms with Gasteiger partial charge >= 0.3 is 0 Å². The maximum Gasteiger partial charge on any atom is 0.205 e. The molecule has 1 aromatic heterocycles. The summed E-state index contributed by atoms with van der Waals surface area (Å²) in [7, 11) is 0. The number of anilines is 1. The topological polar surface area (TPSA) is 29.0 Å². The molecule has 78 valence electrons. The van der Waals surface area contributed by atoms with E-state index in [2.05, 4.69) is 21.2 Å². The van der Waals surface area contributed by atoms with Crippen LogP contribution in [0.25, 0.3) is 0 Å². The van der Waals surface area contributed by atoms with Crippen LogP contribution >= 0.6 is 11.5 Å². The van der Waals surface area contributed by atoms with Crippen molar-refractivity contribution in [2.24, 2.45) is 5.92 Å². The molecule has 1 aromatic rings. The van der Waals surface area contributed by atoms with Crippen molar-refractivity contribution in [2.45, 2.75) is 33.1 Å². The predicted molar refractivity (Wildman–Crippen MR) is 59.9 cm³/mol. The van der Waals surface area contributed by atoms with Crippen LogP contribution in [-0.4, -0.2) is 22.4 Å². The number of aryl methyl sites for hydroxylation is 1. The van der Waals surface area contributed by atoms with Gasteiger partial charge < -0.3 is 4.90 Å². The van der Waals surface area contributed by atoms with Crippen molar-refractivity contribution in [3.8, 4) is 0 Å². The lowest BCUT2D eigenvalue weighted by atomic mass is 10.0. The van der Waals surface area contributed by atoms with Gasteiger partial charge in [0.25, 0.3) is 0 Å². The highest BCUT2D eigenvalue weighted by atomic mass is 32.1. The normalized spacial score (nSPS) is 23.6. The van der Waals surface area contributed by atoms with Crippen molar-refractivity contribution in [2.75, 3.05) is 18.0 Å². The maximum absolute atomic E-state index is 4.43. The van der Waals surface area contributed by atoms with E-state index in [4.69, 9.17) is 0 Å². The first-order valence-electron chi connectivity index (χ1n) is 5.31. The van der Waals surface area contributed by atoms with Crippen molar-refractivity contribution >= 4 is 16.7 Å². The average molecular weight is 211 g/mol. The number of nitrogens with zero attached hydrogens (tertiary/aromatic N) is 3. The van der Waals surface area contributed by atoms with Crippen molar-refractivity contribution in [1.82, 2.24) is 9.36 Å². The Bertz CT molecular complexity index is 297. The molecule has 4 heteroatoms. The largest absolute Gasteiger partial charge is 0.347 e. The summed E-state index contributed by atoms with van der Waals surface area (Å²) in [6.45, 7) is 6.60. The second-order valence-corrected chi connectivity index (χ2v) is 4.88. The summed E-state index contributed by atoms with van der Waals surface area (Å²) in [4.78, 5) is 6.82. The van der Waals surface area contributed by atoms with E-state index in [0.717, 1.165) is 30.0 Å². The van der Waals surface area contributed by atoms with Gasteiger partial charge in [0.1, 0.15) is 5.82 Å². The SMILES string of the molecule is Cc1nsc(N2CCCC(C)CC2)n1. The molecule has 1 aliphatic heterocycles. The number of rotatable bonds is 1. The van der Waals surface area contributed by atoms with E-state index in [1.54, 1.807) is 0 Å². The van der Waals surface area contributed by atoms with Crippen LogP contribution in [0.2, 0.25) is 0 Å². The molecule has 0 saturated carbocycles. The molecule has 1 fully saturated rings. The Kier molecular flexibility index (Phi) is 3.01. The van der Waals surface area contributed by atoms with E-state index in [1.165, 1.54) is 30.8 Å². The van der Waals surface area contributed by atoms with Crippen LogP contribution in [0.4, 0.5) is 5.13 Å². The number of aromatic nitrogens is 2. The van der Waals surface area contributed by atoms with E-state index >= 15 is 0 Å². The first-order chi connectivity index (χ1) is 6.75. The van der Waals surface area contributed by atoms with E-state index in [-0.39, 0.29) is 0 Å². The summed E-state index contributed by atoms with van der Waals surface area (Å²) in [5.74, 6) is 1.77. The minimum atomic E-state index is 0.869. The van der Waals surface area contributed by atoms with E-state index < -0.39 is 0 Å². The van der Waals surface area contributed by atoms with Gasteiger partial charge in [-0.05, 0) is 32.1 Å². The predicted octanol–water partition coefficient (Wildman–Crippen LogP) is 2.47. The third-order valence-electron chi connectivity index (χ3n) is 2.80. The molecule has 3 nitrogen and oxygen atoms in total. The van der Waals surface area contributed by atoms with Crippen LogP contribution < -0.4 is 4.90 Å². The lowest BCUT2D eigenvalue weighted by molar-refractivity contribution is 0.521. The highest BCUT2D eigenvalue weighted by Crippen LogP contribution is 2.23. The van der Waals surface area contributed by atoms with Gasteiger partial charge in [0, 0.05) is 24.6 Å². The average Bonchev–Trinajstić information content (AvgIpc) is 2.46. The quantitative estimate of drug-likeness (QED) is 0.714. The van der Waals surface area contributed by atoms with Crippen molar-refractivity contribution in [3.63, 3.8) is 0 Å². The van der Waals surface area contributed by atoms with Gasteiger partial charge in [-0.2, -0.15) is 4.37 Å². The van der Waals surface area contributed by atoms with Gasteiger partial charge in [0.05, 0.1) is 0 Å². The first-order valence-corrected chi connectivity index (χ1v) is 6.08. The van der Waals surface area contributed by atoms with Crippen LogP contribution in [0.3, 0.4) is 0 Å². The Morgan fingerprint density at radius 1 is 1.36 bits per heavy atom. The monoisotopic (exact) mass is 211 g/mol. The Balaban J connectivity index is 2.04. The van der Waals surface area contributed by atoms with E-state index in [0.29, 0.717) is 0 Å².